The maximum atomic E-state index is 12.1. The van der Waals surface area contributed by atoms with Crippen molar-refractivity contribution >= 4 is 17.3 Å². The predicted molar refractivity (Wildman–Crippen MR) is 84.5 cm³/mol. The van der Waals surface area contributed by atoms with E-state index in [0.29, 0.717) is 17.3 Å². The van der Waals surface area contributed by atoms with Gasteiger partial charge in [0.15, 0.2) is 0 Å². The third kappa shape index (κ3) is 2.59. The minimum Gasteiger partial charge on any atom is -0.465 e. The fraction of sp³-hybridized carbons (Fsp3) is 0.588. The third-order valence-electron chi connectivity index (χ3n) is 5.00. The highest BCUT2D eigenvalue weighted by atomic mass is 16.5. The molecule has 2 fully saturated rings. The summed E-state index contributed by atoms with van der Waals surface area (Å²) in [5.74, 6) is 0.451. The number of carbonyl (C=O) groups is 1. The van der Waals surface area contributed by atoms with Crippen LogP contribution in [0.4, 0.5) is 11.4 Å². The highest BCUT2D eigenvalue weighted by Gasteiger charge is 2.35. The van der Waals surface area contributed by atoms with Crippen molar-refractivity contribution in [3.8, 4) is 0 Å². The second kappa shape index (κ2) is 5.96. The standard InChI is InChI=1S/C17H24N2O2/c1-21-17(20)13-8-4-9-14(18)16(13)19-11-5-10-15(19)12-6-2-3-7-12/h4,8-9,12,15H,2-3,5-7,10-11,18H2,1H3. The molecule has 1 unspecified atom stereocenters. The number of hydrogen-bond donors (Lipinski definition) is 1. The van der Waals surface area contributed by atoms with Gasteiger partial charge in [-0.15, -0.1) is 0 Å². The van der Waals surface area contributed by atoms with Crippen LogP contribution in [0.2, 0.25) is 0 Å². The predicted octanol–water partition coefficient (Wildman–Crippen LogP) is 3.21. The number of methoxy groups -OCH3 is 1. The topological polar surface area (TPSA) is 55.6 Å². The van der Waals surface area contributed by atoms with Gasteiger partial charge in [-0.05, 0) is 43.7 Å². The van der Waals surface area contributed by atoms with E-state index in [0.717, 1.165) is 18.2 Å². The number of carbonyl (C=O) groups excluding carboxylic acids is 1. The summed E-state index contributed by atoms with van der Waals surface area (Å²) in [4.78, 5) is 14.4. The first kappa shape index (κ1) is 14.2. The van der Waals surface area contributed by atoms with E-state index in [1.54, 1.807) is 0 Å². The van der Waals surface area contributed by atoms with Crippen molar-refractivity contribution in [2.24, 2.45) is 5.92 Å². The zero-order valence-corrected chi connectivity index (χ0v) is 12.7. The number of hydrogen-bond acceptors (Lipinski definition) is 4. The van der Waals surface area contributed by atoms with Gasteiger partial charge in [0.05, 0.1) is 24.0 Å². The molecule has 1 heterocycles. The molecule has 114 valence electrons. The molecule has 1 saturated heterocycles. The molecule has 2 N–H and O–H groups in total. The van der Waals surface area contributed by atoms with Crippen molar-refractivity contribution in [3.05, 3.63) is 23.8 Å². The molecular weight excluding hydrogens is 264 g/mol. The number of para-hydroxylation sites is 1. The average Bonchev–Trinajstić information content (AvgIpc) is 3.16. The van der Waals surface area contributed by atoms with Crippen LogP contribution in [0.1, 0.15) is 48.9 Å². The largest absolute Gasteiger partial charge is 0.465 e. The van der Waals surface area contributed by atoms with Crippen molar-refractivity contribution in [2.75, 3.05) is 24.3 Å². The Kier molecular flexibility index (Phi) is 4.04. The van der Waals surface area contributed by atoms with Gasteiger partial charge in [0.1, 0.15) is 0 Å². The first-order chi connectivity index (χ1) is 10.2. The number of rotatable bonds is 3. The number of esters is 1. The Morgan fingerprint density at radius 3 is 2.71 bits per heavy atom. The van der Waals surface area contributed by atoms with Gasteiger partial charge < -0.3 is 15.4 Å². The molecule has 1 aromatic rings. The van der Waals surface area contributed by atoms with Crippen LogP contribution in [-0.2, 0) is 4.74 Å². The van der Waals surface area contributed by atoms with E-state index >= 15 is 0 Å². The second-order valence-corrected chi connectivity index (χ2v) is 6.18. The first-order valence-electron chi connectivity index (χ1n) is 7.96. The number of anilines is 2. The summed E-state index contributed by atoms with van der Waals surface area (Å²) in [6, 6.07) is 6.06. The molecule has 0 amide bonds. The quantitative estimate of drug-likeness (QED) is 0.685. The molecule has 1 aliphatic carbocycles. The average molecular weight is 288 g/mol. The first-order valence-corrected chi connectivity index (χ1v) is 7.96. The van der Waals surface area contributed by atoms with Gasteiger partial charge in [-0.25, -0.2) is 4.79 Å². The van der Waals surface area contributed by atoms with Crippen LogP contribution in [0, 0.1) is 5.92 Å². The molecule has 1 atom stereocenters. The number of nitrogen functional groups attached to an aromatic ring is 1. The highest BCUT2D eigenvalue weighted by molar-refractivity contribution is 5.99. The molecular formula is C17H24N2O2. The van der Waals surface area contributed by atoms with Crippen LogP contribution >= 0.6 is 0 Å². The molecule has 4 heteroatoms. The highest BCUT2D eigenvalue weighted by Crippen LogP contribution is 2.41. The summed E-state index contributed by atoms with van der Waals surface area (Å²) in [6.45, 7) is 0.985. The van der Waals surface area contributed by atoms with Crippen LogP contribution in [0.15, 0.2) is 18.2 Å². The van der Waals surface area contributed by atoms with Gasteiger partial charge >= 0.3 is 5.97 Å². The zero-order valence-electron chi connectivity index (χ0n) is 12.7. The molecule has 1 aliphatic heterocycles. The van der Waals surface area contributed by atoms with Gasteiger partial charge in [-0.2, -0.15) is 0 Å². The van der Waals surface area contributed by atoms with Crippen molar-refractivity contribution in [2.45, 2.75) is 44.6 Å². The maximum absolute atomic E-state index is 12.1. The van der Waals surface area contributed by atoms with Crippen molar-refractivity contribution in [1.29, 1.82) is 0 Å². The molecule has 0 spiro atoms. The van der Waals surface area contributed by atoms with Crippen LogP contribution in [0.5, 0.6) is 0 Å². The van der Waals surface area contributed by atoms with Crippen LogP contribution < -0.4 is 10.6 Å². The van der Waals surface area contributed by atoms with Crippen molar-refractivity contribution in [1.82, 2.24) is 0 Å². The van der Waals surface area contributed by atoms with Crippen LogP contribution in [0.25, 0.3) is 0 Å². The molecule has 1 aromatic carbocycles. The molecule has 3 rings (SSSR count). The lowest BCUT2D eigenvalue weighted by Crippen LogP contribution is -2.36. The van der Waals surface area contributed by atoms with E-state index in [2.05, 4.69) is 4.90 Å². The Balaban J connectivity index is 1.96. The summed E-state index contributed by atoms with van der Waals surface area (Å²) in [5.41, 5.74) is 8.38. The fourth-order valence-electron chi connectivity index (χ4n) is 4.06. The number of nitrogens with zero attached hydrogens (tertiary/aromatic N) is 1. The van der Waals surface area contributed by atoms with E-state index in [-0.39, 0.29) is 5.97 Å². The van der Waals surface area contributed by atoms with E-state index in [1.807, 2.05) is 18.2 Å². The Bertz CT molecular complexity index is 524. The Morgan fingerprint density at radius 2 is 2.00 bits per heavy atom. The van der Waals surface area contributed by atoms with Crippen molar-refractivity contribution < 1.29 is 9.53 Å². The Morgan fingerprint density at radius 1 is 1.24 bits per heavy atom. The third-order valence-corrected chi connectivity index (χ3v) is 5.00. The molecule has 0 radical (unpaired) electrons. The summed E-state index contributed by atoms with van der Waals surface area (Å²) in [5, 5.41) is 0. The van der Waals surface area contributed by atoms with Crippen molar-refractivity contribution in [3.63, 3.8) is 0 Å². The maximum Gasteiger partial charge on any atom is 0.340 e. The SMILES string of the molecule is COC(=O)c1cccc(N)c1N1CCCC1C1CCCC1. The van der Waals surface area contributed by atoms with E-state index in [4.69, 9.17) is 10.5 Å². The lowest BCUT2D eigenvalue weighted by atomic mass is 9.95. The van der Waals surface area contributed by atoms with E-state index in [9.17, 15) is 4.79 Å². The van der Waals surface area contributed by atoms with Gasteiger partial charge in [0.2, 0.25) is 0 Å². The van der Waals surface area contributed by atoms with Crippen LogP contribution in [-0.4, -0.2) is 25.7 Å². The zero-order chi connectivity index (χ0) is 14.8. The lowest BCUT2D eigenvalue weighted by Gasteiger charge is -2.33. The molecule has 4 nitrogen and oxygen atoms in total. The molecule has 0 aromatic heterocycles. The van der Waals surface area contributed by atoms with Gasteiger partial charge in [-0.1, -0.05) is 18.9 Å². The Labute approximate surface area is 126 Å². The normalized spacial score (nSPS) is 22.7. The van der Waals surface area contributed by atoms with Gasteiger partial charge in [0.25, 0.3) is 0 Å². The summed E-state index contributed by atoms with van der Waals surface area (Å²) >= 11 is 0. The molecule has 2 aliphatic rings. The summed E-state index contributed by atoms with van der Waals surface area (Å²) < 4.78 is 4.93. The number of ether oxygens (including phenoxy) is 1. The number of benzene rings is 1. The summed E-state index contributed by atoms with van der Waals surface area (Å²) in [6.07, 6.45) is 7.67. The fourth-order valence-corrected chi connectivity index (χ4v) is 4.06. The number of nitrogens with two attached hydrogens (primary N) is 1. The monoisotopic (exact) mass is 288 g/mol. The molecule has 0 bridgehead atoms. The van der Waals surface area contributed by atoms with Gasteiger partial charge in [-0.3, -0.25) is 0 Å². The lowest BCUT2D eigenvalue weighted by molar-refractivity contribution is 0.0601. The molecule has 21 heavy (non-hydrogen) atoms. The minimum atomic E-state index is -0.297. The minimum absolute atomic E-state index is 0.297. The smallest absolute Gasteiger partial charge is 0.340 e. The summed E-state index contributed by atoms with van der Waals surface area (Å²) in [7, 11) is 1.42. The Hall–Kier alpha value is -1.71. The van der Waals surface area contributed by atoms with Gasteiger partial charge in [0, 0.05) is 12.6 Å². The second-order valence-electron chi connectivity index (χ2n) is 6.18. The van der Waals surface area contributed by atoms with E-state index in [1.165, 1.54) is 45.6 Å². The molecule has 1 saturated carbocycles. The van der Waals surface area contributed by atoms with E-state index < -0.39 is 0 Å². The van der Waals surface area contributed by atoms with Crippen LogP contribution in [0.3, 0.4) is 0 Å².